The van der Waals surface area contributed by atoms with Gasteiger partial charge in [-0.3, -0.25) is 0 Å². The predicted molar refractivity (Wildman–Crippen MR) is 78.2 cm³/mol. The van der Waals surface area contributed by atoms with Crippen molar-refractivity contribution in [2.24, 2.45) is 0 Å². The number of rotatable bonds is 3. The minimum atomic E-state index is -0.299. The molecular formula is C17H22N2O. The molecule has 0 heterocycles. The van der Waals surface area contributed by atoms with Crippen LogP contribution in [0.5, 0.6) is 0 Å². The largest absolute Gasteiger partial charge is 0.393 e. The third kappa shape index (κ3) is 2.59. The Morgan fingerprint density at radius 3 is 2.55 bits per heavy atom. The van der Waals surface area contributed by atoms with Gasteiger partial charge in [0.15, 0.2) is 0 Å². The fraction of sp³-hybridized carbons (Fsp3) is 0.588. The third-order valence-electron chi connectivity index (χ3n) is 4.85. The highest BCUT2D eigenvalue weighted by atomic mass is 16.3. The first-order valence-corrected chi connectivity index (χ1v) is 7.63. The molecule has 20 heavy (non-hydrogen) atoms. The summed E-state index contributed by atoms with van der Waals surface area (Å²) in [6.45, 7) is 0. The van der Waals surface area contributed by atoms with Crippen LogP contribution in [-0.2, 0) is 5.41 Å². The van der Waals surface area contributed by atoms with Gasteiger partial charge in [0.2, 0.25) is 0 Å². The highest BCUT2D eigenvalue weighted by Gasteiger charge is 2.46. The average molecular weight is 270 g/mol. The molecular weight excluding hydrogens is 248 g/mol. The maximum Gasteiger partial charge on any atom is 0.0852 e. The Balaban J connectivity index is 1.58. The van der Waals surface area contributed by atoms with Gasteiger partial charge in [-0.25, -0.2) is 0 Å². The van der Waals surface area contributed by atoms with E-state index >= 15 is 0 Å². The molecule has 2 aliphatic carbocycles. The molecule has 0 spiro atoms. The maximum absolute atomic E-state index is 9.72. The second-order valence-corrected chi connectivity index (χ2v) is 6.35. The molecule has 2 unspecified atom stereocenters. The van der Waals surface area contributed by atoms with E-state index in [-0.39, 0.29) is 11.5 Å². The van der Waals surface area contributed by atoms with Crippen molar-refractivity contribution in [1.82, 2.24) is 5.32 Å². The SMILES string of the molecule is N#CC1(c2ccccc2)CC(NC2CCCC(O)C2)C1. The van der Waals surface area contributed by atoms with Crippen LogP contribution in [0.15, 0.2) is 30.3 Å². The van der Waals surface area contributed by atoms with E-state index in [0.29, 0.717) is 12.1 Å². The lowest BCUT2D eigenvalue weighted by atomic mass is 9.62. The standard InChI is InChI=1S/C17H22N2O/c18-12-17(13-5-2-1-3-6-13)10-15(11-17)19-14-7-4-8-16(20)9-14/h1-3,5-6,14-16,19-20H,4,7-11H2. The second kappa shape index (κ2) is 5.55. The van der Waals surface area contributed by atoms with Crippen LogP contribution in [0.2, 0.25) is 0 Å². The highest BCUT2D eigenvalue weighted by molar-refractivity contribution is 5.36. The van der Waals surface area contributed by atoms with E-state index in [1.54, 1.807) is 0 Å². The van der Waals surface area contributed by atoms with Crippen molar-refractivity contribution in [3.05, 3.63) is 35.9 Å². The summed E-state index contributed by atoms with van der Waals surface area (Å²) in [5, 5.41) is 22.9. The predicted octanol–water partition coefficient (Wildman–Crippen LogP) is 2.50. The van der Waals surface area contributed by atoms with Gasteiger partial charge in [0, 0.05) is 12.1 Å². The van der Waals surface area contributed by atoms with Crippen LogP contribution >= 0.6 is 0 Å². The Bertz CT molecular complexity index is 487. The average Bonchev–Trinajstić information content (AvgIpc) is 2.43. The Labute approximate surface area is 120 Å². The number of hydrogen-bond acceptors (Lipinski definition) is 3. The Kier molecular flexibility index (Phi) is 3.78. The molecule has 2 saturated carbocycles. The molecule has 3 nitrogen and oxygen atoms in total. The van der Waals surface area contributed by atoms with Crippen LogP contribution < -0.4 is 5.32 Å². The molecule has 3 heteroatoms. The number of aliphatic hydroxyl groups excluding tert-OH is 1. The van der Waals surface area contributed by atoms with Crippen molar-refractivity contribution in [2.45, 2.75) is 62.1 Å². The molecule has 0 aromatic heterocycles. The summed E-state index contributed by atoms with van der Waals surface area (Å²) in [7, 11) is 0. The van der Waals surface area contributed by atoms with Gasteiger partial charge in [-0.1, -0.05) is 30.3 Å². The molecule has 0 aliphatic heterocycles. The Morgan fingerprint density at radius 1 is 1.15 bits per heavy atom. The smallest absolute Gasteiger partial charge is 0.0852 e. The summed E-state index contributed by atoms with van der Waals surface area (Å²) in [5.41, 5.74) is 0.843. The topological polar surface area (TPSA) is 56.0 Å². The van der Waals surface area contributed by atoms with Crippen molar-refractivity contribution in [3.63, 3.8) is 0 Å². The summed E-state index contributed by atoms with van der Waals surface area (Å²) >= 11 is 0. The van der Waals surface area contributed by atoms with Crippen LogP contribution in [0, 0.1) is 11.3 Å². The van der Waals surface area contributed by atoms with Crippen molar-refractivity contribution in [2.75, 3.05) is 0 Å². The van der Waals surface area contributed by atoms with Crippen molar-refractivity contribution >= 4 is 0 Å². The first-order valence-electron chi connectivity index (χ1n) is 7.63. The van der Waals surface area contributed by atoms with E-state index in [9.17, 15) is 10.4 Å². The number of aliphatic hydroxyl groups is 1. The first-order chi connectivity index (χ1) is 9.72. The van der Waals surface area contributed by atoms with Crippen molar-refractivity contribution in [1.29, 1.82) is 5.26 Å². The molecule has 2 N–H and O–H groups in total. The molecule has 0 amide bonds. The van der Waals surface area contributed by atoms with Gasteiger partial charge < -0.3 is 10.4 Å². The summed E-state index contributed by atoms with van der Waals surface area (Å²) < 4.78 is 0. The van der Waals surface area contributed by atoms with Crippen LogP contribution in [0.3, 0.4) is 0 Å². The van der Waals surface area contributed by atoms with Gasteiger partial charge in [0.05, 0.1) is 17.6 Å². The summed E-state index contributed by atoms with van der Waals surface area (Å²) in [5.74, 6) is 0. The molecule has 2 aliphatic rings. The number of nitrogens with one attached hydrogen (secondary N) is 1. The monoisotopic (exact) mass is 270 g/mol. The summed E-state index contributed by atoms with van der Waals surface area (Å²) in [6.07, 6.45) is 5.69. The van der Waals surface area contributed by atoms with Crippen LogP contribution in [0.4, 0.5) is 0 Å². The maximum atomic E-state index is 9.72. The minimum Gasteiger partial charge on any atom is -0.393 e. The van der Waals surface area contributed by atoms with Gasteiger partial charge in [-0.15, -0.1) is 0 Å². The fourth-order valence-electron chi connectivity index (χ4n) is 3.70. The lowest BCUT2D eigenvalue weighted by Gasteiger charge is -2.45. The molecule has 106 valence electrons. The molecule has 0 bridgehead atoms. The minimum absolute atomic E-state index is 0.142. The zero-order valence-corrected chi connectivity index (χ0v) is 11.8. The molecule has 1 aromatic carbocycles. The summed E-state index contributed by atoms with van der Waals surface area (Å²) in [4.78, 5) is 0. The van der Waals surface area contributed by atoms with Gasteiger partial charge in [0.1, 0.15) is 0 Å². The second-order valence-electron chi connectivity index (χ2n) is 6.35. The third-order valence-corrected chi connectivity index (χ3v) is 4.85. The van der Waals surface area contributed by atoms with Gasteiger partial charge in [-0.2, -0.15) is 5.26 Å². The van der Waals surface area contributed by atoms with E-state index in [2.05, 4.69) is 23.5 Å². The highest BCUT2D eigenvalue weighted by Crippen LogP contribution is 2.43. The molecule has 1 aromatic rings. The molecule has 3 rings (SSSR count). The number of nitrogens with zero attached hydrogens (tertiary/aromatic N) is 1. The normalized spacial score (nSPS) is 36.9. The Morgan fingerprint density at radius 2 is 1.90 bits per heavy atom. The lowest BCUT2D eigenvalue weighted by molar-refractivity contribution is 0.0973. The van der Waals surface area contributed by atoms with E-state index in [0.717, 1.165) is 44.1 Å². The number of nitriles is 1. The van der Waals surface area contributed by atoms with Crippen molar-refractivity contribution < 1.29 is 5.11 Å². The van der Waals surface area contributed by atoms with Crippen LogP contribution in [-0.4, -0.2) is 23.3 Å². The first kappa shape index (κ1) is 13.6. The zero-order chi connectivity index (χ0) is 14.0. The van der Waals surface area contributed by atoms with E-state index in [1.807, 2.05) is 18.2 Å². The zero-order valence-electron chi connectivity index (χ0n) is 11.8. The quantitative estimate of drug-likeness (QED) is 0.887. The van der Waals surface area contributed by atoms with Gasteiger partial charge in [0.25, 0.3) is 0 Å². The van der Waals surface area contributed by atoms with E-state index in [1.165, 1.54) is 0 Å². The van der Waals surface area contributed by atoms with Crippen LogP contribution in [0.1, 0.15) is 44.1 Å². The van der Waals surface area contributed by atoms with Gasteiger partial charge >= 0.3 is 0 Å². The molecule has 0 saturated heterocycles. The molecule has 0 radical (unpaired) electrons. The van der Waals surface area contributed by atoms with E-state index < -0.39 is 0 Å². The molecule has 2 atom stereocenters. The Hall–Kier alpha value is -1.37. The number of benzene rings is 1. The fourth-order valence-corrected chi connectivity index (χ4v) is 3.70. The summed E-state index contributed by atoms with van der Waals surface area (Å²) in [6, 6.07) is 13.5. The van der Waals surface area contributed by atoms with Crippen LogP contribution in [0.25, 0.3) is 0 Å². The van der Waals surface area contributed by atoms with Gasteiger partial charge in [-0.05, 0) is 44.1 Å². The van der Waals surface area contributed by atoms with E-state index in [4.69, 9.17) is 0 Å². The lowest BCUT2D eigenvalue weighted by Crippen LogP contribution is -2.54. The molecule has 2 fully saturated rings. The van der Waals surface area contributed by atoms with Crippen molar-refractivity contribution in [3.8, 4) is 6.07 Å². The number of hydrogen-bond donors (Lipinski definition) is 2.